The molecule has 9 nitrogen and oxygen atoms in total. The van der Waals surface area contributed by atoms with Gasteiger partial charge in [-0.2, -0.15) is 4.98 Å². The third kappa shape index (κ3) is 56.4. The first-order valence-electron chi connectivity index (χ1n) is 7.34. The van der Waals surface area contributed by atoms with Gasteiger partial charge in [-0.3, -0.25) is 0 Å². The molecule has 14 heteroatoms. The Labute approximate surface area is 170 Å². The van der Waals surface area contributed by atoms with E-state index in [2.05, 4.69) is 47.4 Å². The highest BCUT2D eigenvalue weighted by molar-refractivity contribution is 8.06. The van der Waals surface area contributed by atoms with E-state index < -0.39 is 13.4 Å². The van der Waals surface area contributed by atoms with Crippen LogP contribution in [0.15, 0.2) is 6.07 Å². The maximum atomic E-state index is 7.56. The molecule has 0 amide bonds. The van der Waals surface area contributed by atoms with Crippen LogP contribution in [0.2, 0.25) is 5.28 Å². The van der Waals surface area contributed by atoms with Crippen LogP contribution in [0.4, 0.5) is 0 Å². The lowest BCUT2D eigenvalue weighted by Crippen LogP contribution is -1.96. The Bertz CT molecular complexity index is 488. The van der Waals surface area contributed by atoms with E-state index >= 15 is 0 Å². The monoisotopic (exact) mass is 474 g/mol. The maximum absolute atomic E-state index is 7.56. The molecule has 158 valence electrons. The van der Waals surface area contributed by atoms with Crippen molar-refractivity contribution in [3.8, 4) is 5.88 Å². The molecule has 0 spiro atoms. The summed E-state index contributed by atoms with van der Waals surface area (Å²) in [6.07, 6.45) is 1.25. The van der Waals surface area contributed by atoms with Gasteiger partial charge in [-0.25, -0.2) is 4.98 Å². The molecular formula is C12H29ClN2O7P2S2. The van der Waals surface area contributed by atoms with Crippen LogP contribution in [0.5, 0.6) is 5.88 Å². The summed E-state index contributed by atoms with van der Waals surface area (Å²) in [6, 6.07) is 1.75. The molecule has 0 aliphatic rings. The van der Waals surface area contributed by atoms with Crippen LogP contribution < -0.4 is 4.74 Å². The van der Waals surface area contributed by atoms with Crippen molar-refractivity contribution in [2.45, 2.75) is 48.0 Å². The number of aromatic nitrogens is 2. The average Bonchev–Trinajstić information content (AvgIpc) is 2.37. The summed E-state index contributed by atoms with van der Waals surface area (Å²) < 4.78 is 5.13. The number of rotatable bonds is 2. The minimum Gasteiger partial charge on any atom is -0.478 e. The van der Waals surface area contributed by atoms with E-state index in [4.69, 9.17) is 45.7 Å². The Morgan fingerprint density at radius 1 is 0.962 bits per heavy atom. The van der Waals surface area contributed by atoms with Crippen molar-refractivity contribution >= 4 is 48.7 Å². The first-order valence-corrected chi connectivity index (χ1v) is 13.0. The lowest BCUT2D eigenvalue weighted by atomic mass is 10.4. The average molecular weight is 475 g/mol. The standard InChI is InChI=1S/C7H9ClN2O.C3H8.C2H6.2H3O3PS/c1-3-11-6-4-5(2)9-7(8)10-6;1-3-2;1-2;2*1-4(2,3)5/h4H,3H2,1-2H3;3H2,1-2H3;1-2H3;2*(H3,1,2,3,5). The van der Waals surface area contributed by atoms with Gasteiger partial charge in [0.05, 0.1) is 6.61 Å². The van der Waals surface area contributed by atoms with Crippen molar-refractivity contribution in [2.75, 3.05) is 6.61 Å². The van der Waals surface area contributed by atoms with E-state index in [9.17, 15) is 0 Å². The van der Waals surface area contributed by atoms with Gasteiger partial charge in [0, 0.05) is 11.8 Å². The first-order chi connectivity index (χ1) is 11.6. The molecule has 0 aromatic carbocycles. The van der Waals surface area contributed by atoms with Crippen LogP contribution in [-0.4, -0.2) is 45.9 Å². The molecule has 0 fully saturated rings. The molecule has 1 heterocycles. The predicted octanol–water partition coefficient (Wildman–Crippen LogP) is 2.66. The minimum atomic E-state index is -3.81. The topological polar surface area (TPSA) is 156 Å². The van der Waals surface area contributed by atoms with Crippen LogP contribution in [0.3, 0.4) is 0 Å². The first kappa shape index (κ1) is 33.8. The van der Waals surface area contributed by atoms with E-state index in [-0.39, 0.29) is 5.28 Å². The molecule has 0 aliphatic carbocycles. The molecule has 1 rings (SSSR count). The summed E-state index contributed by atoms with van der Waals surface area (Å²) in [5.74, 6) is 0.532. The molecule has 1 aromatic heterocycles. The van der Waals surface area contributed by atoms with E-state index in [1.807, 2.05) is 27.7 Å². The Kier molecular flexibility index (Phi) is 26.0. The maximum Gasteiger partial charge on any atom is 0.319 e. The number of aryl methyl sites for hydroxylation is 1. The van der Waals surface area contributed by atoms with Gasteiger partial charge in [0.15, 0.2) is 0 Å². The van der Waals surface area contributed by atoms with Gasteiger partial charge in [0.25, 0.3) is 0 Å². The zero-order chi connectivity index (χ0) is 22.0. The Hall–Kier alpha value is 0.230. The van der Waals surface area contributed by atoms with E-state index in [1.54, 1.807) is 6.07 Å². The summed E-state index contributed by atoms with van der Waals surface area (Å²) in [4.78, 5) is 53.1. The lowest BCUT2D eigenvalue weighted by Gasteiger charge is -2.01. The van der Waals surface area contributed by atoms with E-state index in [1.165, 1.54) is 6.42 Å². The molecule has 0 saturated carbocycles. The van der Waals surface area contributed by atoms with Crippen molar-refractivity contribution in [1.82, 2.24) is 9.97 Å². The summed E-state index contributed by atoms with van der Waals surface area (Å²) >= 11 is 12.8. The van der Waals surface area contributed by atoms with Gasteiger partial charge in [-0.1, -0.05) is 34.1 Å². The van der Waals surface area contributed by atoms with Crippen molar-refractivity contribution in [2.24, 2.45) is 0 Å². The normalized spacial score (nSPS) is 9.58. The van der Waals surface area contributed by atoms with Gasteiger partial charge < -0.3 is 34.1 Å². The Morgan fingerprint density at radius 2 is 1.27 bits per heavy atom. The molecule has 0 atom stereocenters. The predicted molar refractivity (Wildman–Crippen MR) is 112 cm³/mol. The van der Waals surface area contributed by atoms with Crippen molar-refractivity contribution in [3.63, 3.8) is 0 Å². The van der Waals surface area contributed by atoms with Gasteiger partial charge in [0.1, 0.15) is 0 Å². The highest BCUT2D eigenvalue weighted by Gasteiger charge is 1.98. The fourth-order valence-electron chi connectivity index (χ4n) is 0.727. The molecule has 6 N–H and O–H groups in total. The van der Waals surface area contributed by atoms with Gasteiger partial charge >= 0.3 is 13.4 Å². The Balaban J connectivity index is -0.000000137. The molecule has 0 aliphatic heterocycles. The minimum absolute atomic E-state index is 0.230. The number of hydrogen-bond acceptors (Lipinski definition) is 5. The third-order valence-electron chi connectivity index (χ3n) is 1.10. The molecule has 1 aromatic rings. The van der Waals surface area contributed by atoms with Crippen molar-refractivity contribution in [1.29, 1.82) is 0 Å². The van der Waals surface area contributed by atoms with Crippen LogP contribution in [0.1, 0.15) is 46.7 Å². The summed E-state index contributed by atoms with van der Waals surface area (Å²) in [6.45, 7) is 4.97. The van der Waals surface area contributed by atoms with Crippen LogP contribution in [-0.2, 0) is 23.6 Å². The van der Waals surface area contributed by atoms with Crippen LogP contribution >= 0.6 is 25.0 Å². The quantitative estimate of drug-likeness (QED) is 0.276. The molecule has 0 saturated heterocycles. The zero-order valence-electron chi connectivity index (χ0n) is 15.6. The summed E-state index contributed by atoms with van der Waals surface area (Å²) in [5, 5.41) is 0.230. The number of halogens is 1. The second-order valence-corrected chi connectivity index (χ2v) is 9.11. The van der Waals surface area contributed by atoms with Gasteiger partial charge in [-0.05, 0) is 49.1 Å². The summed E-state index contributed by atoms with van der Waals surface area (Å²) in [7, 11) is 0. The molecule has 0 bridgehead atoms. The highest BCUT2D eigenvalue weighted by Crippen LogP contribution is 2.26. The summed E-state index contributed by atoms with van der Waals surface area (Å²) in [5.41, 5.74) is 0.813. The van der Waals surface area contributed by atoms with Gasteiger partial charge in [0.2, 0.25) is 11.2 Å². The molecular weight excluding hydrogens is 446 g/mol. The molecule has 0 radical (unpaired) electrons. The van der Waals surface area contributed by atoms with Crippen molar-refractivity contribution < 1.29 is 34.1 Å². The lowest BCUT2D eigenvalue weighted by molar-refractivity contribution is 0.326. The number of nitrogens with zero attached hydrogens (tertiary/aromatic N) is 2. The van der Waals surface area contributed by atoms with Crippen LogP contribution in [0, 0.1) is 6.92 Å². The smallest absolute Gasteiger partial charge is 0.319 e. The zero-order valence-corrected chi connectivity index (χ0v) is 19.7. The van der Waals surface area contributed by atoms with Crippen LogP contribution in [0.25, 0.3) is 0 Å². The fraction of sp³-hybridized carbons (Fsp3) is 0.667. The number of ether oxygens (including phenoxy) is 1. The van der Waals surface area contributed by atoms with E-state index in [0.29, 0.717) is 12.5 Å². The largest absolute Gasteiger partial charge is 0.478 e. The highest BCUT2D eigenvalue weighted by atomic mass is 35.5. The van der Waals surface area contributed by atoms with Crippen molar-refractivity contribution in [3.05, 3.63) is 17.0 Å². The SMILES string of the molecule is CC.CCC.CCOc1cc(C)nc(Cl)n1.OP(O)(O)=S.OP(O)(O)=S. The third-order valence-corrected chi connectivity index (χ3v) is 1.26. The second kappa shape index (κ2) is 20.0. The number of hydrogen-bond donors (Lipinski definition) is 6. The fourth-order valence-corrected chi connectivity index (χ4v) is 0.943. The molecule has 0 unspecified atom stereocenters. The molecule has 26 heavy (non-hydrogen) atoms. The van der Waals surface area contributed by atoms with E-state index in [0.717, 1.165) is 5.69 Å². The van der Waals surface area contributed by atoms with Gasteiger partial charge in [-0.15, -0.1) is 0 Å². The Morgan fingerprint density at radius 3 is 1.50 bits per heavy atom. The second-order valence-electron chi connectivity index (χ2n) is 3.78.